The molecule has 6 heteroatoms. The van der Waals surface area contributed by atoms with Crippen molar-refractivity contribution in [3.63, 3.8) is 0 Å². The fourth-order valence-electron chi connectivity index (χ4n) is 3.05. The Balaban J connectivity index is 1.47. The number of anilines is 1. The number of benzene rings is 2. The lowest BCUT2D eigenvalue weighted by atomic mass is 10.1. The van der Waals surface area contributed by atoms with E-state index in [0.29, 0.717) is 30.6 Å². The van der Waals surface area contributed by atoms with Crippen LogP contribution in [-0.4, -0.2) is 25.5 Å². The Morgan fingerprint density at radius 1 is 1.11 bits per heavy atom. The average molecular weight is 363 g/mol. The molecule has 2 unspecified atom stereocenters. The molecular weight excluding hydrogens is 342 g/mol. The first-order valence-corrected chi connectivity index (χ1v) is 8.83. The van der Waals surface area contributed by atoms with Crippen molar-refractivity contribution in [2.45, 2.75) is 12.8 Å². The highest BCUT2D eigenvalue weighted by Gasteiger charge is 2.47. The average Bonchev–Trinajstić information content (AvgIpc) is 3.50. The van der Waals surface area contributed by atoms with Crippen LogP contribution in [-0.2, 0) is 16.0 Å². The summed E-state index contributed by atoms with van der Waals surface area (Å²) in [5.41, 5.74) is 1.91. The van der Waals surface area contributed by atoms with E-state index in [0.717, 1.165) is 11.3 Å². The van der Waals surface area contributed by atoms with E-state index in [4.69, 9.17) is 10.00 Å². The van der Waals surface area contributed by atoms with Crippen molar-refractivity contribution >= 4 is 17.5 Å². The van der Waals surface area contributed by atoms with Crippen molar-refractivity contribution in [1.82, 2.24) is 5.32 Å². The Hall–Kier alpha value is -3.33. The summed E-state index contributed by atoms with van der Waals surface area (Å²) in [7, 11) is 1.62. The number of carbonyl (C=O) groups is 2. The summed E-state index contributed by atoms with van der Waals surface area (Å²) in [6.07, 6.45) is 1.19. The molecule has 0 spiro atoms. The number of amides is 2. The molecule has 0 aliphatic heterocycles. The molecule has 2 aromatic rings. The molecule has 2 aromatic carbocycles. The van der Waals surface area contributed by atoms with Gasteiger partial charge in [0.2, 0.25) is 11.8 Å². The van der Waals surface area contributed by atoms with Crippen molar-refractivity contribution < 1.29 is 14.3 Å². The molecule has 6 nitrogen and oxygen atoms in total. The van der Waals surface area contributed by atoms with E-state index in [-0.39, 0.29) is 23.7 Å². The summed E-state index contributed by atoms with van der Waals surface area (Å²) in [5.74, 6) is -0.187. The Morgan fingerprint density at radius 3 is 2.59 bits per heavy atom. The topological polar surface area (TPSA) is 91.2 Å². The van der Waals surface area contributed by atoms with Crippen LogP contribution in [0.1, 0.15) is 17.5 Å². The normalized spacial score (nSPS) is 17.5. The molecule has 0 bridgehead atoms. The van der Waals surface area contributed by atoms with Gasteiger partial charge in [0, 0.05) is 6.54 Å². The van der Waals surface area contributed by atoms with Gasteiger partial charge in [-0.05, 0) is 36.6 Å². The lowest BCUT2D eigenvalue weighted by Gasteiger charge is -2.09. The third-order valence-electron chi connectivity index (χ3n) is 4.66. The van der Waals surface area contributed by atoms with E-state index < -0.39 is 0 Å². The number of rotatable bonds is 7. The highest BCUT2D eigenvalue weighted by atomic mass is 16.5. The van der Waals surface area contributed by atoms with E-state index >= 15 is 0 Å². The van der Waals surface area contributed by atoms with Gasteiger partial charge < -0.3 is 15.4 Å². The lowest BCUT2D eigenvalue weighted by molar-refractivity contribution is -0.125. The Labute approximate surface area is 158 Å². The maximum atomic E-state index is 12.3. The van der Waals surface area contributed by atoms with Gasteiger partial charge >= 0.3 is 0 Å². The van der Waals surface area contributed by atoms with Crippen LogP contribution in [0.3, 0.4) is 0 Å². The van der Waals surface area contributed by atoms with Crippen LogP contribution < -0.4 is 15.4 Å². The number of methoxy groups -OCH3 is 1. The standard InChI is InChI=1S/C21H21N3O3/c1-27-19-9-5-3-6-14(19)10-11-23-20(25)16-12-17(16)21(26)24-18-8-4-2-7-15(18)13-22/h2-9,16-17H,10-12H2,1H3,(H,23,25)(H,24,26). The van der Waals surface area contributed by atoms with Crippen molar-refractivity contribution in [1.29, 1.82) is 5.26 Å². The van der Waals surface area contributed by atoms with Crippen molar-refractivity contribution in [2.75, 3.05) is 19.0 Å². The molecule has 0 heterocycles. The predicted octanol–water partition coefficient (Wildman–Crippen LogP) is 2.50. The number of ether oxygens (including phenoxy) is 1. The Kier molecular flexibility index (Phi) is 5.72. The third kappa shape index (κ3) is 4.45. The molecule has 2 amide bonds. The molecule has 2 atom stereocenters. The maximum absolute atomic E-state index is 12.3. The quantitative estimate of drug-likeness (QED) is 0.791. The summed E-state index contributed by atoms with van der Waals surface area (Å²) >= 11 is 0. The van der Waals surface area contributed by atoms with Gasteiger partial charge in [0.05, 0.1) is 30.2 Å². The summed E-state index contributed by atoms with van der Waals surface area (Å²) in [6.45, 7) is 0.487. The smallest absolute Gasteiger partial charge is 0.228 e. The monoisotopic (exact) mass is 363 g/mol. The van der Waals surface area contributed by atoms with Crippen LogP contribution in [0.25, 0.3) is 0 Å². The van der Waals surface area contributed by atoms with Gasteiger partial charge in [-0.15, -0.1) is 0 Å². The van der Waals surface area contributed by atoms with Crippen LogP contribution >= 0.6 is 0 Å². The van der Waals surface area contributed by atoms with Gasteiger partial charge in [0.25, 0.3) is 0 Å². The molecule has 2 N–H and O–H groups in total. The van der Waals surface area contributed by atoms with E-state index in [1.54, 1.807) is 31.4 Å². The minimum atomic E-state index is -0.344. The maximum Gasteiger partial charge on any atom is 0.228 e. The molecule has 27 heavy (non-hydrogen) atoms. The van der Waals surface area contributed by atoms with Crippen LogP contribution in [0, 0.1) is 23.2 Å². The van der Waals surface area contributed by atoms with Crippen molar-refractivity contribution in [3.05, 3.63) is 59.7 Å². The molecule has 0 saturated heterocycles. The zero-order valence-electron chi connectivity index (χ0n) is 15.1. The number of carbonyl (C=O) groups excluding carboxylic acids is 2. The second-order valence-electron chi connectivity index (χ2n) is 6.45. The van der Waals surface area contributed by atoms with Gasteiger partial charge in [0.15, 0.2) is 0 Å². The first-order valence-electron chi connectivity index (χ1n) is 8.83. The van der Waals surface area contributed by atoms with Gasteiger partial charge in [-0.25, -0.2) is 0 Å². The third-order valence-corrected chi connectivity index (χ3v) is 4.66. The molecular formula is C21H21N3O3. The number of hydrogen-bond donors (Lipinski definition) is 2. The second kappa shape index (κ2) is 8.37. The number of nitrogens with one attached hydrogen (secondary N) is 2. The minimum absolute atomic E-state index is 0.112. The molecule has 1 aliphatic rings. The van der Waals surface area contributed by atoms with Gasteiger partial charge in [-0.2, -0.15) is 5.26 Å². The highest BCUT2D eigenvalue weighted by molar-refractivity contribution is 6.00. The predicted molar refractivity (Wildman–Crippen MR) is 101 cm³/mol. The minimum Gasteiger partial charge on any atom is -0.496 e. The van der Waals surface area contributed by atoms with E-state index in [1.165, 1.54) is 0 Å². The largest absolute Gasteiger partial charge is 0.496 e. The summed E-state index contributed by atoms with van der Waals surface area (Å²) in [6, 6.07) is 16.5. The molecule has 1 saturated carbocycles. The lowest BCUT2D eigenvalue weighted by Crippen LogP contribution is -2.29. The number of hydrogen-bond acceptors (Lipinski definition) is 4. The fourth-order valence-corrected chi connectivity index (χ4v) is 3.05. The summed E-state index contributed by atoms with van der Waals surface area (Å²) in [5, 5.41) is 14.7. The summed E-state index contributed by atoms with van der Waals surface area (Å²) < 4.78 is 5.30. The van der Waals surface area contributed by atoms with Crippen LogP contribution in [0.15, 0.2) is 48.5 Å². The summed E-state index contributed by atoms with van der Waals surface area (Å²) in [4.78, 5) is 24.6. The fraction of sp³-hybridized carbons (Fsp3) is 0.286. The molecule has 0 aromatic heterocycles. The van der Waals surface area contributed by atoms with E-state index in [9.17, 15) is 9.59 Å². The van der Waals surface area contributed by atoms with Crippen LogP contribution in [0.5, 0.6) is 5.75 Å². The SMILES string of the molecule is COc1ccccc1CCNC(=O)C1CC1C(=O)Nc1ccccc1C#N. The molecule has 138 valence electrons. The highest BCUT2D eigenvalue weighted by Crippen LogP contribution is 2.39. The Morgan fingerprint density at radius 2 is 1.81 bits per heavy atom. The molecule has 1 fully saturated rings. The van der Waals surface area contributed by atoms with Crippen LogP contribution in [0.2, 0.25) is 0 Å². The zero-order valence-corrected chi connectivity index (χ0v) is 15.1. The molecule has 3 rings (SSSR count). The van der Waals surface area contributed by atoms with Crippen molar-refractivity contribution in [2.24, 2.45) is 11.8 Å². The Bertz CT molecular complexity index is 888. The first kappa shape index (κ1) is 18.5. The first-order chi connectivity index (χ1) is 13.1. The molecule has 1 aliphatic carbocycles. The van der Waals surface area contributed by atoms with Gasteiger partial charge in [-0.3, -0.25) is 9.59 Å². The zero-order chi connectivity index (χ0) is 19.2. The van der Waals surface area contributed by atoms with Gasteiger partial charge in [-0.1, -0.05) is 30.3 Å². The molecule has 0 radical (unpaired) electrons. The number of nitriles is 1. The van der Waals surface area contributed by atoms with E-state index in [2.05, 4.69) is 10.6 Å². The number of nitrogens with zero attached hydrogens (tertiary/aromatic N) is 1. The second-order valence-corrected chi connectivity index (χ2v) is 6.45. The van der Waals surface area contributed by atoms with E-state index in [1.807, 2.05) is 30.3 Å². The number of para-hydroxylation sites is 2. The van der Waals surface area contributed by atoms with Gasteiger partial charge in [0.1, 0.15) is 11.8 Å². The van der Waals surface area contributed by atoms with Crippen molar-refractivity contribution in [3.8, 4) is 11.8 Å². The van der Waals surface area contributed by atoms with Crippen LogP contribution in [0.4, 0.5) is 5.69 Å².